The summed E-state index contributed by atoms with van der Waals surface area (Å²) in [6.45, 7) is 1.89. The summed E-state index contributed by atoms with van der Waals surface area (Å²) in [5.41, 5.74) is 0.940. The van der Waals surface area contributed by atoms with E-state index in [1.165, 1.54) is 15.5 Å². The molecule has 1 aliphatic heterocycles. The van der Waals surface area contributed by atoms with E-state index in [1.54, 1.807) is 34.6 Å². The molecule has 0 N–H and O–H groups in total. The van der Waals surface area contributed by atoms with Crippen LogP contribution < -0.4 is 5.56 Å². The highest BCUT2D eigenvalue weighted by Gasteiger charge is 2.24. The summed E-state index contributed by atoms with van der Waals surface area (Å²) in [6.07, 6.45) is 3.51. The Morgan fingerprint density at radius 2 is 2.12 bits per heavy atom. The molecule has 0 atom stereocenters. The van der Waals surface area contributed by atoms with Gasteiger partial charge >= 0.3 is 0 Å². The Labute approximate surface area is 142 Å². The fourth-order valence-corrected chi connectivity index (χ4v) is 3.68. The zero-order valence-corrected chi connectivity index (χ0v) is 13.8. The van der Waals surface area contributed by atoms with E-state index in [-0.39, 0.29) is 18.0 Å². The number of pyridine rings is 1. The Kier molecular flexibility index (Phi) is 3.78. The van der Waals surface area contributed by atoms with Crippen LogP contribution in [-0.2, 0) is 24.4 Å². The molecule has 1 aliphatic rings. The van der Waals surface area contributed by atoms with Crippen molar-refractivity contribution in [2.45, 2.75) is 19.6 Å². The highest BCUT2D eigenvalue weighted by molar-refractivity contribution is 7.13. The molecule has 0 saturated heterocycles. The van der Waals surface area contributed by atoms with Crippen molar-refractivity contribution in [3.05, 3.63) is 64.3 Å². The van der Waals surface area contributed by atoms with Crippen LogP contribution in [0.4, 0.5) is 0 Å². The summed E-state index contributed by atoms with van der Waals surface area (Å²) in [4.78, 5) is 31.7. The smallest absolute Gasteiger partial charge is 0.250 e. The van der Waals surface area contributed by atoms with Gasteiger partial charge in [0.1, 0.15) is 12.4 Å². The van der Waals surface area contributed by atoms with Crippen molar-refractivity contribution in [2.75, 3.05) is 6.54 Å². The highest BCUT2D eigenvalue weighted by atomic mass is 32.1. The maximum atomic E-state index is 12.5. The lowest BCUT2D eigenvalue weighted by atomic mass is 10.3. The molecule has 3 aromatic heterocycles. The number of nitrogens with zero attached hydrogens (tertiary/aromatic N) is 4. The van der Waals surface area contributed by atoms with Gasteiger partial charge in [0.15, 0.2) is 0 Å². The molecule has 0 aliphatic carbocycles. The van der Waals surface area contributed by atoms with Crippen molar-refractivity contribution in [1.82, 2.24) is 19.0 Å². The standard InChI is InChI=1S/C17H16N4O2S/c22-16-5-1-2-6-19(16)12-17(23)20-7-8-21-13(10-18-15(21)11-20)14-4-3-9-24-14/h1-6,9-10H,7-8,11-12H2. The van der Waals surface area contributed by atoms with E-state index in [2.05, 4.69) is 15.6 Å². The topological polar surface area (TPSA) is 60.1 Å². The van der Waals surface area contributed by atoms with E-state index in [0.717, 1.165) is 18.1 Å². The molecule has 1 amide bonds. The molecule has 6 nitrogen and oxygen atoms in total. The lowest BCUT2D eigenvalue weighted by Crippen LogP contribution is -2.41. The molecule has 0 bridgehead atoms. The summed E-state index contributed by atoms with van der Waals surface area (Å²) in [6, 6.07) is 8.99. The van der Waals surface area contributed by atoms with Crippen molar-refractivity contribution in [3.63, 3.8) is 0 Å². The largest absolute Gasteiger partial charge is 0.332 e. The Morgan fingerprint density at radius 3 is 2.92 bits per heavy atom. The van der Waals surface area contributed by atoms with E-state index in [1.807, 2.05) is 17.6 Å². The van der Waals surface area contributed by atoms with Crippen molar-refractivity contribution in [3.8, 4) is 10.6 Å². The van der Waals surface area contributed by atoms with Crippen LogP contribution in [0.5, 0.6) is 0 Å². The van der Waals surface area contributed by atoms with Gasteiger partial charge in [0, 0.05) is 25.4 Å². The molecule has 0 spiro atoms. The van der Waals surface area contributed by atoms with Gasteiger partial charge in [-0.05, 0) is 17.5 Å². The third-order valence-electron chi connectivity index (χ3n) is 4.19. The van der Waals surface area contributed by atoms with Gasteiger partial charge in [-0.3, -0.25) is 9.59 Å². The van der Waals surface area contributed by atoms with E-state index in [9.17, 15) is 9.59 Å². The fourth-order valence-electron chi connectivity index (χ4n) is 2.93. The molecule has 4 rings (SSSR count). The SMILES string of the molecule is O=C(Cn1ccccc1=O)N1CCn2c(-c3cccs3)cnc2C1. The van der Waals surface area contributed by atoms with Gasteiger partial charge in [0.2, 0.25) is 5.91 Å². The Balaban J connectivity index is 1.52. The first-order chi connectivity index (χ1) is 11.7. The molecule has 4 heterocycles. The van der Waals surface area contributed by atoms with Crippen molar-refractivity contribution >= 4 is 17.2 Å². The molecular formula is C17H16N4O2S. The number of fused-ring (bicyclic) bond motifs is 1. The average Bonchev–Trinajstić information content (AvgIpc) is 3.25. The van der Waals surface area contributed by atoms with Crippen LogP contribution >= 0.6 is 11.3 Å². The zero-order valence-electron chi connectivity index (χ0n) is 13.0. The minimum Gasteiger partial charge on any atom is -0.332 e. The van der Waals surface area contributed by atoms with Crippen molar-refractivity contribution in [2.24, 2.45) is 0 Å². The molecule has 24 heavy (non-hydrogen) atoms. The van der Waals surface area contributed by atoms with Crippen molar-refractivity contribution < 1.29 is 4.79 Å². The van der Waals surface area contributed by atoms with Crippen molar-refractivity contribution in [1.29, 1.82) is 0 Å². The van der Waals surface area contributed by atoms with Gasteiger partial charge in [0.05, 0.1) is 23.3 Å². The minimum atomic E-state index is -0.163. The normalized spacial score (nSPS) is 13.8. The molecule has 122 valence electrons. The molecule has 0 aromatic carbocycles. The number of rotatable bonds is 3. The molecule has 0 fully saturated rings. The van der Waals surface area contributed by atoms with Gasteiger partial charge in [-0.25, -0.2) is 4.98 Å². The Hall–Kier alpha value is -2.67. The summed E-state index contributed by atoms with van der Waals surface area (Å²) in [5, 5.41) is 2.05. The number of hydrogen-bond donors (Lipinski definition) is 0. The van der Waals surface area contributed by atoms with Crippen LogP contribution in [0.25, 0.3) is 10.6 Å². The number of amides is 1. The Morgan fingerprint density at radius 1 is 1.21 bits per heavy atom. The van der Waals surface area contributed by atoms with E-state index >= 15 is 0 Å². The average molecular weight is 340 g/mol. The molecule has 3 aromatic rings. The number of carbonyl (C=O) groups excluding carboxylic acids is 1. The predicted octanol–water partition coefficient (Wildman–Crippen LogP) is 1.82. The molecular weight excluding hydrogens is 324 g/mol. The van der Waals surface area contributed by atoms with Gasteiger partial charge in [-0.2, -0.15) is 0 Å². The summed E-state index contributed by atoms with van der Waals surface area (Å²) in [5.74, 6) is 0.827. The number of imidazole rings is 1. The van der Waals surface area contributed by atoms with E-state index in [0.29, 0.717) is 13.1 Å². The third-order valence-corrected chi connectivity index (χ3v) is 5.09. The molecule has 0 unspecified atom stereocenters. The monoisotopic (exact) mass is 340 g/mol. The lowest BCUT2D eigenvalue weighted by Gasteiger charge is -2.28. The second-order valence-corrected chi connectivity index (χ2v) is 6.62. The second-order valence-electron chi connectivity index (χ2n) is 5.67. The van der Waals surface area contributed by atoms with Gasteiger partial charge in [-0.1, -0.05) is 12.1 Å². The van der Waals surface area contributed by atoms with Crippen LogP contribution in [0.2, 0.25) is 0 Å². The summed E-state index contributed by atoms with van der Waals surface area (Å²) in [7, 11) is 0. The first kappa shape index (κ1) is 14.9. The van der Waals surface area contributed by atoms with E-state index in [4.69, 9.17) is 0 Å². The van der Waals surface area contributed by atoms with E-state index < -0.39 is 0 Å². The number of thiophene rings is 1. The van der Waals surface area contributed by atoms with Crippen LogP contribution in [-0.4, -0.2) is 31.5 Å². The maximum absolute atomic E-state index is 12.5. The minimum absolute atomic E-state index is 0.0600. The second kappa shape index (κ2) is 6.09. The molecule has 0 radical (unpaired) electrons. The summed E-state index contributed by atoms with van der Waals surface area (Å²) >= 11 is 1.68. The lowest BCUT2D eigenvalue weighted by molar-refractivity contribution is -0.133. The van der Waals surface area contributed by atoms with Crippen LogP contribution in [0.3, 0.4) is 0 Å². The zero-order chi connectivity index (χ0) is 16.5. The van der Waals surface area contributed by atoms with Gasteiger partial charge < -0.3 is 14.0 Å². The first-order valence-corrected chi connectivity index (χ1v) is 8.62. The van der Waals surface area contributed by atoms with Gasteiger partial charge in [0.25, 0.3) is 5.56 Å². The quantitative estimate of drug-likeness (QED) is 0.731. The fraction of sp³-hybridized carbons (Fsp3) is 0.235. The molecule has 0 saturated carbocycles. The Bertz CT molecular complexity index is 926. The summed E-state index contributed by atoms with van der Waals surface area (Å²) < 4.78 is 3.60. The van der Waals surface area contributed by atoms with Crippen LogP contribution in [0, 0.1) is 0 Å². The third kappa shape index (κ3) is 2.67. The molecule has 7 heteroatoms. The van der Waals surface area contributed by atoms with Crippen LogP contribution in [0.15, 0.2) is 52.9 Å². The number of carbonyl (C=O) groups is 1. The van der Waals surface area contributed by atoms with Crippen LogP contribution in [0.1, 0.15) is 5.82 Å². The highest BCUT2D eigenvalue weighted by Crippen LogP contribution is 2.27. The predicted molar refractivity (Wildman–Crippen MR) is 91.7 cm³/mol. The first-order valence-electron chi connectivity index (χ1n) is 7.74. The maximum Gasteiger partial charge on any atom is 0.250 e. The number of hydrogen-bond acceptors (Lipinski definition) is 4. The van der Waals surface area contributed by atoms with Gasteiger partial charge in [-0.15, -0.1) is 11.3 Å². The number of aromatic nitrogens is 3.